The summed E-state index contributed by atoms with van der Waals surface area (Å²) in [5.74, 6) is 2.56. The van der Waals surface area contributed by atoms with Crippen molar-refractivity contribution in [1.82, 2.24) is 4.98 Å². The third kappa shape index (κ3) is 3.63. The third-order valence-corrected chi connectivity index (χ3v) is 5.36. The molecule has 0 aliphatic carbocycles. The lowest BCUT2D eigenvalue weighted by atomic mass is 10.0. The number of rotatable bonds is 4. The normalized spacial score (nSPS) is 17.5. The van der Waals surface area contributed by atoms with E-state index in [0.29, 0.717) is 12.5 Å². The predicted octanol–water partition coefficient (Wildman–Crippen LogP) is 5.70. The van der Waals surface area contributed by atoms with Crippen LogP contribution in [0.3, 0.4) is 0 Å². The van der Waals surface area contributed by atoms with Crippen molar-refractivity contribution in [3.8, 4) is 5.75 Å². The molecular formula is C22H23ClN2O. The van der Waals surface area contributed by atoms with E-state index in [2.05, 4.69) is 30.0 Å². The van der Waals surface area contributed by atoms with E-state index in [1.807, 2.05) is 36.4 Å². The standard InChI is InChI=1S/C22H23ClN2O/c1-16-6-5-13-25(14-16)21-12-11-17-8-4-10-20(22(17)24-21)26-15-18-7-2-3-9-19(18)23/h2-4,7-12,16H,5-6,13-15H2,1H3. The van der Waals surface area contributed by atoms with Crippen molar-refractivity contribution >= 4 is 28.3 Å². The van der Waals surface area contributed by atoms with Gasteiger partial charge in [-0.1, -0.05) is 48.9 Å². The van der Waals surface area contributed by atoms with Crippen molar-refractivity contribution in [3.63, 3.8) is 0 Å². The molecule has 134 valence electrons. The fourth-order valence-corrected chi connectivity index (χ4v) is 3.76. The zero-order chi connectivity index (χ0) is 17.9. The molecule has 1 saturated heterocycles. The van der Waals surface area contributed by atoms with E-state index in [-0.39, 0.29) is 0 Å². The highest BCUT2D eigenvalue weighted by atomic mass is 35.5. The minimum Gasteiger partial charge on any atom is -0.487 e. The lowest BCUT2D eigenvalue weighted by molar-refractivity contribution is 0.309. The molecule has 0 radical (unpaired) electrons. The average Bonchev–Trinajstić information content (AvgIpc) is 2.67. The molecule has 1 atom stereocenters. The maximum absolute atomic E-state index is 6.25. The summed E-state index contributed by atoms with van der Waals surface area (Å²) in [6.07, 6.45) is 2.53. The smallest absolute Gasteiger partial charge is 0.146 e. The first kappa shape index (κ1) is 17.2. The number of nitrogens with zero attached hydrogens (tertiary/aromatic N) is 2. The number of fused-ring (bicyclic) bond motifs is 1. The number of hydrogen-bond acceptors (Lipinski definition) is 3. The molecule has 2 aromatic carbocycles. The Morgan fingerprint density at radius 1 is 1.12 bits per heavy atom. The first-order valence-corrected chi connectivity index (χ1v) is 9.59. The number of piperidine rings is 1. The summed E-state index contributed by atoms with van der Waals surface area (Å²) in [5, 5.41) is 1.82. The van der Waals surface area contributed by atoms with Crippen LogP contribution in [0.1, 0.15) is 25.3 Å². The van der Waals surface area contributed by atoms with Crippen LogP contribution < -0.4 is 9.64 Å². The van der Waals surface area contributed by atoms with Crippen LogP contribution in [0.15, 0.2) is 54.6 Å². The van der Waals surface area contributed by atoms with Crippen molar-refractivity contribution < 1.29 is 4.74 Å². The maximum Gasteiger partial charge on any atom is 0.146 e. The number of hydrogen-bond donors (Lipinski definition) is 0. The summed E-state index contributed by atoms with van der Waals surface area (Å²) in [4.78, 5) is 7.32. The Morgan fingerprint density at radius 3 is 2.85 bits per heavy atom. The van der Waals surface area contributed by atoms with E-state index in [4.69, 9.17) is 21.3 Å². The number of pyridine rings is 1. The van der Waals surface area contributed by atoms with Gasteiger partial charge in [-0.25, -0.2) is 4.98 Å². The number of aromatic nitrogens is 1. The Kier molecular flexibility index (Phi) is 4.98. The molecule has 1 aliphatic heterocycles. The van der Waals surface area contributed by atoms with Gasteiger partial charge in [-0.2, -0.15) is 0 Å². The molecule has 3 nitrogen and oxygen atoms in total. The molecule has 4 rings (SSSR count). The van der Waals surface area contributed by atoms with Gasteiger partial charge in [0.25, 0.3) is 0 Å². The second-order valence-electron chi connectivity index (χ2n) is 7.07. The highest BCUT2D eigenvalue weighted by Gasteiger charge is 2.18. The topological polar surface area (TPSA) is 25.4 Å². The second-order valence-corrected chi connectivity index (χ2v) is 7.48. The molecule has 4 heteroatoms. The molecular weight excluding hydrogens is 344 g/mol. The van der Waals surface area contributed by atoms with Gasteiger partial charge in [-0.3, -0.25) is 0 Å². The fraction of sp³-hybridized carbons (Fsp3) is 0.318. The molecule has 1 aliphatic rings. The van der Waals surface area contributed by atoms with Gasteiger partial charge in [-0.05, 0) is 43.0 Å². The van der Waals surface area contributed by atoms with Gasteiger partial charge in [0.1, 0.15) is 23.7 Å². The van der Waals surface area contributed by atoms with Crippen LogP contribution in [-0.4, -0.2) is 18.1 Å². The van der Waals surface area contributed by atoms with Crippen LogP contribution in [0.5, 0.6) is 5.75 Å². The van der Waals surface area contributed by atoms with Crippen molar-refractivity contribution in [3.05, 3.63) is 65.2 Å². The first-order valence-electron chi connectivity index (χ1n) is 9.21. The highest BCUT2D eigenvalue weighted by molar-refractivity contribution is 6.31. The minimum absolute atomic E-state index is 0.436. The van der Waals surface area contributed by atoms with Crippen LogP contribution in [0.4, 0.5) is 5.82 Å². The van der Waals surface area contributed by atoms with E-state index in [1.54, 1.807) is 0 Å². The summed E-state index contributed by atoms with van der Waals surface area (Å²) < 4.78 is 6.08. The van der Waals surface area contributed by atoms with Gasteiger partial charge in [0.2, 0.25) is 0 Å². The van der Waals surface area contributed by atoms with E-state index >= 15 is 0 Å². The quantitative estimate of drug-likeness (QED) is 0.591. The third-order valence-electron chi connectivity index (χ3n) is 4.99. The monoisotopic (exact) mass is 366 g/mol. The molecule has 26 heavy (non-hydrogen) atoms. The van der Waals surface area contributed by atoms with Gasteiger partial charge >= 0.3 is 0 Å². The Bertz CT molecular complexity index is 912. The van der Waals surface area contributed by atoms with E-state index in [1.165, 1.54) is 12.8 Å². The maximum atomic E-state index is 6.25. The fourth-order valence-electron chi connectivity index (χ4n) is 3.57. The molecule has 0 amide bonds. The van der Waals surface area contributed by atoms with Gasteiger partial charge in [-0.15, -0.1) is 0 Å². The summed E-state index contributed by atoms with van der Waals surface area (Å²) >= 11 is 6.25. The van der Waals surface area contributed by atoms with Gasteiger partial charge in [0.15, 0.2) is 0 Å². The summed E-state index contributed by atoms with van der Waals surface area (Å²) in [5.41, 5.74) is 1.89. The first-order chi connectivity index (χ1) is 12.7. The molecule has 0 N–H and O–H groups in total. The van der Waals surface area contributed by atoms with Gasteiger partial charge in [0.05, 0.1) is 0 Å². The number of benzene rings is 2. The zero-order valence-electron chi connectivity index (χ0n) is 15.0. The second kappa shape index (κ2) is 7.55. The minimum atomic E-state index is 0.436. The number of anilines is 1. The largest absolute Gasteiger partial charge is 0.487 e. The van der Waals surface area contributed by atoms with E-state index in [9.17, 15) is 0 Å². The average molecular weight is 367 g/mol. The lowest BCUT2D eigenvalue weighted by Crippen LogP contribution is -2.34. The molecule has 1 fully saturated rings. The summed E-state index contributed by atoms with van der Waals surface area (Å²) in [6.45, 7) is 4.89. The van der Waals surface area contributed by atoms with Crippen molar-refractivity contribution in [2.75, 3.05) is 18.0 Å². The summed E-state index contributed by atoms with van der Waals surface area (Å²) in [6, 6.07) is 18.1. The summed E-state index contributed by atoms with van der Waals surface area (Å²) in [7, 11) is 0. The Labute approximate surface area is 159 Å². The van der Waals surface area contributed by atoms with Crippen LogP contribution in [0, 0.1) is 5.92 Å². The molecule has 0 bridgehead atoms. The van der Waals surface area contributed by atoms with E-state index in [0.717, 1.165) is 46.1 Å². The Hall–Kier alpha value is -2.26. The Balaban J connectivity index is 1.62. The molecule has 1 aromatic heterocycles. The van der Waals surface area contributed by atoms with Crippen molar-refractivity contribution in [2.24, 2.45) is 5.92 Å². The van der Waals surface area contributed by atoms with Gasteiger partial charge < -0.3 is 9.64 Å². The molecule has 1 unspecified atom stereocenters. The van der Waals surface area contributed by atoms with Crippen molar-refractivity contribution in [1.29, 1.82) is 0 Å². The lowest BCUT2D eigenvalue weighted by Gasteiger charge is -2.32. The van der Waals surface area contributed by atoms with Crippen LogP contribution in [-0.2, 0) is 6.61 Å². The number of para-hydroxylation sites is 1. The molecule has 0 spiro atoms. The molecule has 3 aromatic rings. The van der Waals surface area contributed by atoms with Crippen LogP contribution in [0.25, 0.3) is 10.9 Å². The zero-order valence-corrected chi connectivity index (χ0v) is 15.7. The van der Waals surface area contributed by atoms with Crippen LogP contribution >= 0.6 is 11.6 Å². The molecule has 2 heterocycles. The highest BCUT2D eigenvalue weighted by Crippen LogP contribution is 2.29. The Morgan fingerprint density at radius 2 is 2.00 bits per heavy atom. The molecule has 0 saturated carbocycles. The number of ether oxygens (including phenoxy) is 1. The SMILES string of the molecule is CC1CCCN(c2ccc3cccc(OCc4ccccc4Cl)c3n2)C1. The van der Waals surface area contributed by atoms with Gasteiger partial charge in [0, 0.05) is 29.1 Å². The number of halogens is 1. The van der Waals surface area contributed by atoms with Crippen molar-refractivity contribution in [2.45, 2.75) is 26.4 Å². The predicted molar refractivity (Wildman–Crippen MR) is 108 cm³/mol. The van der Waals surface area contributed by atoms with E-state index < -0.39 is 0 Å². The van der Waals surface area contributed by atoms with Crippen LogP contribution in [0.2, 0.25) is 5.02 Å².